The van der Waals surface area contributed by atoms with Crippen molar-refractivity contribution >= 4 is 22.9 Å². The van der Waals surface area contributed by atoms with Crippen LogP contribution in [0.15, 0.2) is 6.33 Å². The molecule has 2 aromatic heterocycles. The first-order chi connectivity index (χ1) is 10.7. The number of aliphatic hydroxyl groups is 2. The molecular formula is C14H20N6O2. The summed E-state index contributed by atoms with van der Waals surface area (Å²) in [5, 5.41) is 22.9. The molecule has 4 rings (SSSR count). The topological polar surface area (TPSA) is 122 Å². The number of hydrogen-bond acceptors (Lipinski definition) is 7. The van der Waals surface area contributed by atoms with Crippen molar-refractivity contribution in [1.82, 2.24) is 19.5 Å². The molecule has 0 unspecified atom stereocenters. The Morgan fingerprint density at radius 1 is 1.32 bits per heavy atom. The van der Waals surface area contributed by atoms with Gasteiger partial charge in [-0.15, -0.1) is 0 Å². The zero-order valence-electron chi connectivity index (χ0n) is 12.2. The first kappa shape index (κ1) is 13.7. The van der Waals surface area contributed by atoms with Crippen LogP contribution in [0.1, 0.15) is 31.7 Å². The van der Waals surface area contributed by atoms with E-state index in [9.17, 15) is 10.2 Å². The van der Waals surface area contributed by atoms with Gasteiger partial charge in [-0.25, -0.2) is 4.98 Å². The zero-order valence-corrected chi connectivity index (χ0v) is 12.2. The number of nitrogen functional groups attached to an aromatic ring is 1. The van der Waals surface area contributed by atoms with Crippen LogP contribution in [0.3, 0.4) is 0 Å². The third kappa shape index (κ3) is 2.28. The molecule has 5 N–H and O–H groups in total. The second-order valence-electron chi connectivity index (χ2n) is 6.33. The third-order valence-corrected chi connectivity index (χ3v) is 4.57. The van der Waals surface area contributed by atoms with Crippen molar-refractivity contribution in [3.63, 3.8) is 0 Å². The maximum atomic E-state index is 10.3. The monoisotopic (exact) mass is 304 g/mol. The van der Waals surface area contributed by atoms with E-state index in [0.717, 1.165) is 12.8 Å². The van der Waals surface area contributed by atoms with Crippen molar-refractivity contribution in [2.24, 2.45) is 5.92 Å². The summed E-state index contributed by atoms with van der Waals surface area (Å²) in [4.78, 5) is 13.0. The average molecular weight is 304 g/mol. The highest BCUT2D eigenvalue weighted by molar-refractivity contribution is 5.84. The van der Waals surface area contributed by atoms with Crippen LogP contribution in [0.5, 0.6) is 0 Å². The lowest BCUT2D eigenvalue weighted by molar-refractivity contribution is 0.132. The van der Waals surface area contributed by atoms with Crippen molar-refractivity contribution in [3.05, 3.63) is 6.33 Å². The minimum absolute atomic E-state index is 0.0891. The Hall–Kier alpha value is -1.93. The maximum absolute atomic E-state index is 10.3. The second kappa shape index (κ2) is 5.06. The van der Waals surface area contributed by atoms with E-state index in [4.69, 9.17) is 5.73 Å². The van der Waals surface area contributed by atoms with Crippen molar-refractivity contribution in [2.45, 2.75) is 43.9 Å². The molecule has 2 aliphatic carbocycles. The fraction of sp³-hybridized carbons (Fsp3) is 0.643. The third-order valence-electron chi connectivity index (χ3n) is 4.57. The Balaban J connectivity index is 1.74. The fourth-order valence-electron chi connectivity index (χ4n) is 3.24. The Morgan fingerprint density at radius 2 is 2.14 bits per heavy atom. The van der Waals surface area contributed by atoms with Crippen LogP contribution in [-0.2, 0) is 0 Å². The number of hydrogen-bond donors (Lipinski definition) is 4. The summed E-state index contributed by atoms with van der Waals surface area (Å²) in [6.07, 6.45) is 4.74. The van der Waals surface area contributed by atoms with Crippen LogP contribution < -0.4 is 11.1 Å². The Kier molecular flexibility index (Phi) is 3.16. The minimum Gasteiger partial charge on any atom is -0.396 e. The summed E-state index contributed by atoms with van der Waals surface area (Å²) in [6.45, 7) is 0.0891. The van der Waals surface area contributed by atoms with Gasteiger partial charge >= 0.3 is 0 Å². The summed E-state index contributed by atoms with van der Waals surface area (Å²) in [7, 11) is 0. The van der Waals surface area contributed by atoms with Gasteiger partial charge in [-0.3, -0.25) is 0 Å². The molecule has 118 valence electrons. The summed E-state index contributed by atoms with van der Waals surface area (Å²) >= 11 is 0. The Morgan fingerprint density at radius 3 is 2.82 bits per heavy atom. The molecule has 0 spiro atoms. The average Bonchev–Trinajstić information content (AvgIpc) is 3.08. The molecule has 3 atom stereocenters. The number of aliphatic hydroxyl groups excluding tert-OH is 2. The lowest BCUT2D eigenvalue weighted by atomic mass is 10.1. The summed E-state index contributed by atoms with van der Waals surface area (Å²) in [5.41, 5.74) is 7.15. The molecule has 8 nitrogen and oxygen atoms in total. The van der Waals surface area contributed by atoms with Crippen LogP contribution in [0, 0.1) is 5.92 Å². The van der Waals surface area contributed by atoms with E-state index in [0.29, 0.717) is 35.9 Å². The second-order valence-corrected chi connectivity index (χ2v) is 6.33. The van der Waals surface area contributed by atoms with E-state index in [2.05, 4.69) is 20.3 Å². The van der Waals surface area contributed by atoms with Gasteiger partial charge in [0.2, 0.25) is 5.95 Å². The quantitative estimate of drug-likeness (QED) is 0.640. The first-order valence-corrected chi connectivity index (χ1v) is 7.71. The largest absolute Gasteiger partial charge is 0.396 e. The van der Waals surface area contributed by atoms with Gasteiger partial charge in [0.1, 0.15) is 0 Å². The van der Waals surface area contributed by atoms with Gasteiger partial charge in [0.15, 0.2) is 17.0 Å². The summed E-state index contributed by atoms with van der Waals surface area (Å²) < 4.78 is 1.87. The number of anilines is 2. The minimum atomic E-state index is -0.509. The normalized spacial score (nSPS) is 28.4. The lowest BCUT2D eigenvalue weighted by Gasteiger charge is -2.16. The standard InChI is InChI=1S/C14H20N6O2/c15-14-18-12(17-8-1-2-8)11-13(19-14)20(6-16-11)9-3-7(5-21)4-10(9)22/h6-10,21-22H,1-5H2,(H3,15,17,18,19)/t7-,9+,10+/m0/s1. The number of nitrogens with one attached hydrogen (secondary N) is 1. The van der Waals surface area contributed by atoms with Gasteiger partial charge in [0.05, 0.1) is 18.5 Å². The fourth-order valence-corrected chi connectivity index (χ4v) is 3.24. The van der Waals surface area contributed by atoms with E-state index in [1.165, 1.54) is 0 Å². The van der Waals surface area contributed by atoms with Crippen molar-refractivity contribution in [2.75, 3.05) is 17.7 Å². The highest BCUT2D eigenvalue weighted by atomic mass is 16.3. The van der Waals surface area contributed by atoms with Crippen molar-refractivity contribution < 1.29 is 10.2 Å². The van der Waals surface area contributed by atoms with E-state index in [-0.39, 0.29) is 24.5 Å². The van der Waals surface area contributed by atoms with Crippen LogP contribution in [0.4, 0.5) is 11.8 Å². The summed E-state index contributed by atoms with van der Waals surface area (Å²) in [6, 6.07) is 0.309. The molecule has 0 aromatic carbocycles. The molecule has 0 radical (unpaired) electrons. The van der Waals surface area contributed by atoms with Gasteiger partial charge in [-0.05, 0) is 31.6 Å². The van der Waals surface area contributed by atoms with E-state index in [1.807, 2.05) is 4.57 Å². The van der Waals surface area contributed by atoms with Crippen molar-refractivity contribution in [1.29, 1.82) is 0 Å². The highest BCUT2D eigenvalue weighted by Gasteiger charge is 2.35. The predicted molar refractivity (Wildman–Crippen MR) is 81.2 cm³/mol. The molecule has 2 aliphatic rings. The molecule has 2 heterocycles. The first-order valence-electron chi connectivity index (χ1n) is 7.71. The molecule has 22 heavy (non-hydrogen) atoms. The highest BCUT2D eigenvalue weighted by Crippen LogP contribution is 2.37. The molecule has 0 saturated heterocycles. The van der Waals surface area contributed by atoms with Crippen molar-refractivity contribution in [3.8, 4) is 0 Å². The number of imidazole rings is 1. The van der Waals surface area contributed by atoms with Crippen LogP contribution >= 0.6 is 0 Å². The molecule has 2 saturated carbocycles. The molecule has 2 fully saturated rings. The number of fused-ring (bicyclic) bond motifs is 1. The molecule has 2 aromatic rings. The number of nitrogens with zero attached hydrogens (tertiary/aromatic N) is 4. The van der Waals surface area contributed by atoms with Gasteiger partial charge < -0.3 is 25.8 Å². The van der Waals surface area contributed by atoms with E-state index < -0.39 is 6.10 Å². The smallest absolute Gasteiger partial charge is 0.224 e. The lowest BCUT2D eigenvalue weighted by Crippen LogP contribution is -2.18. The number of nitrogens with two attached hydrogens (primary N) is 1. The molecule has 0 aliphatic heterocycles. The maximum Gasteiger partial charge on any atom is 0.224 e. The van der Waals surface area contributed by atoms with E-state index >= 15 is 0 Å². The van der Waals surface area contributed by atoms with Crippen LogP contribution in [0.25, 0.3) is 11.2 Å². The van der Waals surface area contributed by atoms with Crippen LogP contribution in [-0.4, -0.2) is 48.5 Å². The van der Waals surface area contributed by atoms with Gasteiger partial charge in [-0.1, -0.05) is 0 Å². The Bertz CT molecular complexity index is 698. The SMILES string of the molecule is Nc1nc(NC2CC2)c2ncn([C@@H]3C[C@H](CO)C[C@H]3O)c2n1. The molecule has 0 bridgehead atoms. The molecule has 8 heteroatoms. The zero-order chi connectivity index (χ0) is 15.3. The van der Waals surface area contributed by atoms with E-state index in [1.54, 1.807) is 6.33 Å². The molecule has 0 amide bonds. The van der Waals surface area contributed by atoms with Gasteiger partial charge in [0.25, 0.3) is 0 Å². The van der Waals surface area contributed by atoms with Gasteiger partial charge in [0, 0.05) is 12.6 Å². The Labute approximate surface area is 127 Å². The predicted octanol–water partition coefficient (Wildman–Crippen LogP) is 0.287. The number of rotatable bonds is 4. The molecular weight excluding hydrogens is 284 g/mol. The van der Waals surface area contributed by atoms with Crippen LogP contribution in [0.2, 0.25) is 0 Å². The summed E-state index contributed by atoms with van der Waals surface area (Å²) in [5.74, 6) is 0.972. The van der Waals surface area contributed by atoms with Gasteiger partial charge in [-0.2, -0.15) is 9.97 Å². The number of aromatic nitrogens is 4.